The lowest BCUT2D eigenvalue weighted by atomic mass is 10.2. The summed E-state index contributed by atoms with van der Waals surface area (Å²) in [5.41, 5.74) is 0. The number of hydrogen-bond acceptors (Lipinski definition) is 5. The van der Waals surface area contributed by atoms with Gasteiger partial charge in [0.2, 0.25) is 5.91 Å². The molecule has 2 heterocycles. The molecule has 0 aromatic carbocycles. The van der Waals surface area contributed by atoms with E-state index in [1.807, 2.05) is 11.8 Å². The summed E-state index contributed by atoms with van der Waals surface area (Å²) in [6.45, 7) is 3.84. The molecule has 1 aliphatic carbocycles. The normalized spacial score (nSPS) is 21.6. The summed E-state index contributed by atoms with van der Waals surface area (Å²) in [7, 11) is 0. The SMILES string of the molecule is C[C@H](Sc1nnc(C2CC2)s1)C(=O)N1CCCCCC1. The number of likely N-dealkylation sites (tertiary alicyclic amines) is 1. The van der Waals surface area contributed by atoms with Crippen molar-refractivity contribution in [2.24, 2.45) is 0 Å². The number of nitrogens with zero attached hydrogens (tertiary/aromatic N) is 3. The van der Waals surface area contributed by atoms with Gasteiger partial charge in [0.25, 0.3) is 0 Å². The van der Waals surface area contributed by atoms with Crippen LogP contribution in [0.15, 0.2) is 4.34 Å². The van der Waals surface area contributed by atoms with Gasteiger partial charge >= 0.3 is 0 Å². The molecule has 1 aliphatic heterocycles. The highest BCUT2D eigenvalue weighted by molar-refractivity contribution is 8.02. The summed E-state index contributed by atoms with van der Waals surface area (Å²) in [5.74, 6) is 0.915. The largest absolute Gasteiger partial charge is 0.342 e. The van der Waals surface area contributed by atoms with E-state index in [1.165, 1.54) is 25.7 Å². The number of amides is 1. The van der Waals surface area contributed by atoms with Crippen molar-refractivity contribution in [3.8, 4) is 0 Å². The van der Waals surface area contributed by atoms with Crippen molar-refractivity contribution in [3.05, 3.63) is 5.01 Å². The van der Waals surface area contributed by atoms with Gasteiger partial charge < -0.3 is 4.90 Å². The Labute approximate surface area is 128 Å². The van der Waals surface area contributed by atoms with Gasteiger partial charge in [0, 0.05) is 19.0 Å². The third kappa shape index (κ3) is 3.52. The first-order valence-electron chi connectivity index (χ1n) is 7.53. The van der Waals surface area contributed by atoms with Gasteiger partial charge in [0.05, 0.1) is 5.25 Å². The fourth-order valence-electron chi connectivity index (χ4n) is 2.51. The van der Waals surface area contributed by atoms with Gasteiger partial charge in [-0.15, -0.1) is 10.2 Å². The minimum atomic E-state index is -0.0481. The molecule has 0 radical (unpaired) electrons. The van der Waals surface area contributed by atoms with Gasteiger partial charge in [0.15, 0.2) is 4.34 Å². The fourth-order valence-corrected chi connectivity index (χ4v) is 4.78. The Morgan fingerprint density at radius 2 is 1.95 bits per heavy atom. The lowest BCUT2D eigenvalue weighted by Crippen LogP contribution is -2.37. The van der Waals surface area contributed by atoms with Gasteiger partial charge in [-0.05, 0) is 32.6 Å². The fraction of sp³-hybridized carbons (Fsp3) is 0.786. The monoisotopic (exact) mass is 311 g/mol. The summed E-state index contributed by atoms with van der Waals surface area (Å²) >= 11 is 3.24. The topological polar surface area (TPSA) is 46.1 Å². The molecule has 1 aromatic heterocycles. The summed E-state index contributed by atoms with van der Waals surface area (Å²) in [6, 6.07) is 0. The molecule has 0 spiro atoms. The van der Waals surface area contributed by atoms with Crippen LogP contribution in [0.2, 0.25) is 0 Å². The summed E-state index contributed by atoms with van der Waals surface area (Å²) < 4.78 is 0.947. The van der Waals surface area contributed by atoms with Crippen LogP contribution in [0.5, 0.6) is 0 Å². The van der Waals surface area contributed by atoms with Crippen LogP contribution >= 0.6 is 23.1 Å². The van der Waals surface area contributed by atoms with Crippen molar-refractivity contribution >= 4 is 29.0 Å². The van der Waals surface area contributed by atoms with Gasteiger partial charge in [-0.3, -0.25) is 4.79 Å². The van der Waals surface area contributed by atoms with E-state index in [0.717, 1.165) is 35.3 Å². The Hall–Kier alpha value is -0.620. The molecule has 4 nitrogen and oxygen atoms in total. The van der Waals surface area contributed by atoms with Crippen molar-refractivity contribution in [2.45, 2.75) is 61.0 Å². The smallest absolute Gasteiger partial charge is 0.235 e. The van der Waals surface area contributed by atoms with Crippen molar-refractivity contribution < 1.29 is 4.79 Å². The average molecular weight is 311 g/mol. The molecular weight excluding hydrogens is 290 g/mol. The van der Waals surface area contributed by atoms with E-state index >= 15 is 0 Å². The van der Waals surface area contributed by atoms with Crippen molar-refractivity contribution in [2.75, 3.05) is 13.1 Å². The Morgan fingerprint density at radius 3 is 2.60 bits per heavy atom. The first-order chi connectivity index (χ1) is 9.74. The standard InChI is InChI=1S/C14H21N3OS2/c1-10(13(18)17-8-4-2-3-5-9-17)19-14-16-15-12(20-14)11-6-7-11/h10-11H,2-9H2,1H3/t10-/m0/s1. The first kappa shape index (κ1) is 14.3. The zero-order valence-electron chi connectivity index (χ0n) is 11.9. The molecule has 0 bridgehead atoms. The maximum atomic E-state index is 12.5. The lowest BCUT2D eigenvalue weighted by Gasteiger charge is -2.23. The predicted octanol–water partition coefficient (Wildman–Crippen LogP) is 3.30. The second-order valence-electron chi connectivity index (χ2n) is 5.68. The molecule has 1 saturated carbocycles. The maximum absolute atomic E-state index is 12.5. The highest BCUT2D eigenvalue weighted by Crippen LogP contribution is 2.43. The van der Waals surface area contributed by atoms with E-state index in [0.29, 0.717) is 5.92 Å². The van der Waals surface area contributed by atoms with Gasteiger partial charge in [-0.1, -0.05) is 35.9 Å². The third-order valence-electron chi connectivity index (χ3n) is 3.89. The molecule has 1 amide bonds. The van der Waals surface area contributed by atoms with Crippen LogP contribution in [-0.2, 0) is 4.79 Å². The number of rotatable bonds is 4. The number of carbonyl (C=O) groups is 1. The third-order valence-corrected chi connectivity index (χ3v) is 6.15. The molecule has 6 heteroatoms. The number of hydrogen-bond donors (Lipinski definition) is 0. The Bertz CT molecular complexity index is 465. The number of carbonyl (C=O) groups excluding carboxylic acids is 1. The Morgan fingerprint density at radius 1 is 1.25 bits per heavy atom. The zero-order valence-corrected chi connectivity index (χ0v) is 13.5. The second-order valence-corrected chi connectivity index (χ2v) is 8.28. The molecule has 0 unspecified atom stereocenters. The van der Waals surface area contributed by atoms with E-state index in [-0.39, 0.29) is 11.2 Å². The van der Waals surface area contributed by atoms with E-state index < -0.39 is 0 Å². The highest BCUT2D eigenvalue weighted by Gasteiger charge is 2.29. The molecule has 20 heavy (non-hydrogen) atoms. The van der Waals surface area contributed by atoms with Gasteiger partial charge in [-0.25, -0.2) is 0 Å². The summed E-state index contributed by atoms with van der Waals surface area (Å²) in [4.78, 5) is 14.5. The van der Waals surface area contributed by atoms with Gasteiger partial charge in [-0.2, -0.15) is 0 Å². The quantitative estimate of drug-likeness (QED) is 0.800. The van der Waals surface area contributed by atoms with Crippen molar-refractivity contribution in [1.82, 2.24) is 15.1 Å². The molecule has 1 saturated heterocycles. The minimum absolute atomic E-state index is 0.0481. The van der Waals surface area contributed by atoms with E-state index in [4.69, 9.17) is 0 Å². The molecule has 1 atom stereocenters. The molecule has 0 N–H and O–H groups in total. The minimum Gasteiger partial charge on any atom is -0.342 e. The lowest BCUT2D eigenvalue weighted by molar-refractivity contribution is -0.130. The van der Waals surface area contributed by atoms with Crippen LogP contribution in [-0.4, -0.2) is 39.3 Å². The molecule has 1 aromatic rings. The Kier molecular flexibility index (Phi) is 4.61. The van der Waals surface area contributed by atoms with E-state index in [1.54, 1.807) is 23.1 Å². The second kappa shape index (κ2) is 6.43. The predicted molar refractivity (Wildman–Crippen MR) is 82.3 cm³/mol. The molecule has 2 fully saturated rings. The molecule has 2 aliphatic rings. The molecular formula is C14H21N3OS2. The van der Waals surface area contributed by atoms with Crippen LogP contribution in [0.25, 0.3) is 0 Å². The maximum Gasteiger partial charge on any atom is 0.235 e. The zero-order chi connectivity index (χ0) is 13.9. The number of thioether (sulfide) groups is 1. The first-order valence-corrected chi connectivity index (χ1v) is 9.22. The van der Waals surface area contributed by atoms with Crippen LogP contribution in [0.1, 0.15) is 56.4 Å². The number of aromatic nitrogens is 2. The summed E-state index contributed by atoms with van der Waals surface area (Å²) in [5, 5.41) is 9.57. The Balaban J connectivity index is 1.56. The van der Waals surface area contributed by atoms with Crippen LogP contribution in [0.4, 0.5) is 0 Å². The molecule has 3 rings (SSSR count). The van der Waals surface area contributed by atoms with Gasteiger partial charge in [0.1, 0.15) is 5.01 Å². The van der Waals surface area contributed by atoms with E-state index in [9.17, 15) is 4.79 Å². The van der Waals surface area contributed by atoms with Crippen molar-refractivity contribution in [1.29, 1.82) is 0 Å². The average Bonchev–Trinajstić information content (AvgIpc) is 3.24. The van der Waals surface area contributed by atoms with E-state index in [2.05, 4.69) is 10.2 Å². The van der Waals surface area contributed by atoms with Crippen LogP contribution < -0.4 is 0 Å². The molecule has 110 valence electrons. The van der Waals surface area contributed by atoms with Crippen molar-refractivity contribution in [3.63, 3.8) is 0 Å². The summed E-state index contributed by atoms with van der Waals surface area (Å²) in [6.07, 6.45) is 7.31. The van der Waals surface area contributed by atoms with Crippen LogP contribution in [0, 0.1) is 0 Å². The van der Waals surface area contributed by atoms with Crippen LogP contribution in [0.3, 0.4) is 0 Å². The highest BCUT2D eigenvalue weighted by atomic mass is 32.2.